The molecule has 0 spiro atoms. The highest BCUT2D eigenvalue weighted by molar-refractivity contribution is 5.94. The quantitative estimate of drug-likeness (QED) is 0.0389. The van der Waals surface area contributed by atoms with Gasteiger partial charge in [-0.25, -0.2) is 4.79 Å². The van der Waals surface area contributed by atoms with Gasteiger partial charge in [0.1, 0.15) is 24.2 Å². The monoisotopic (exact) mass is 574 g/mol. The molecule has 4 atom stereocenters. The zero-order valence-corrected chi connectivity index (χ0v) is 22.0. The molecule has 19 heteroatoms. The van der Waals surface area contributed by atoms with Gasteiger partial charge in [0.25, 0.3) is 0 Å². The van der Waals surface area contributed by atoms with Gasteiger partial charge in [-0.15, -0.1) is 0 Å². The lowest BCUT2D eigenvalue weighted by molar-refractivity contribution is -0.142. The molecule has 0 aliphatic carbocycles. The fourth-order valence-corrected chi connectivity index (χ4v) is 2.89. The number of nitrogens with zero attached hydrogens (tertiary/aromatic N) is 1. The second-order valence-corrected chi connectivity index (χ2v) is 8.49. The standard InChI is InChI=1S/C21H38N10O9/c1-10(17(36)27-8-16(35)30-13(20(39)40)3-2-6-26-21(24)25)29-15(34)7-28-19(38)12(4-5-14(23)33)31-18(37)11(22)9-32/h10-13,32H,2-9,22H2,1H3,(H2,23,33)(H,27,36)(H,28,38)(H,29,34)(H,30,35)(H,31,37)(H,39,40)(H4,24,25,26)/t10-,11-,12-,13-/m0/s1. The molecule has 0 aliphatic rings. The summed E-state index contributed by atoms with van der Waals surface area (Å²) in [4.78, 5) is 86.8. The Morgan fingerprint density at radius 3 is 1.90 bits per heavy atom. The van der Waals surface area contributed by atoms with Crippen LogP contribution < -0.4 is 49.5 Å². The van der Waals surface area contributed by atoms with Crippen LogP contribution in [0.5, 0.6) is 0 Å². The number of hydrogen-bond donors (Lipinski definition) is 11. The van der Waals surface area contributed by atoms with Gasteiger partial charge in [0, 0.05) is 13.0 Å². The molecule has 0 aromatic carbocycles. The number of nitrogens with one attached hydrogen (secondary N) is 5. The third-order valence-corrected chi connectivity index (χ3v) is 5.04. The number of aliphatic carboxylic acids is 1. The molecule has 0 aromatic heterocycles. The lowest BCUT2D eigenvalue weighted by Gasteiger charge is -2.20. The summed E-state index contributed by atoms with van der Waals surface area (Å²) in [6.07, 6.45) is -0.164. The smallest absolute Gasteiger partial charge is 0.326 e. The largest absolute Gasteiger partial charge is 0.480 e. The number of rotatable bonds is 19. The summed E-state index contributed by atoms with van der Waals surface area (Å²) >= 11 is 0. The number of primary amides is 1. The number of hydrogen-bond acceptors (Lipinski definition) is 10. The zero-order valence-electron chi connectivity index (χ0n) is 22.0. The van der Waals surface area contributed by atoms with Crippen LogP contribution in [-0.2, 0) is 33.6 Å². The van der Waals surface area contributed by atoms with Crippen molar-refractivity contribution in [3.05, 3.63) is 0 Å². The van der Waals surface area contributed by atoms with Gasteiger partial charge in [-0.3, -0.25) is 33.8 Å². The Kier molecular flexibility index (Phi) is 16.6. The van der Waals surface area contributed by atoms with Crippen LogP contribution in [0, 0.1) is 0 Å². The van der Waals surface area contributed by atoms with Crippen molar-refractivity contribution >= 4 is 47.4 Å². The van der Waals surface area contributed by atoms with Crippen molar-refractivity contribution in [3.8, 4) is 0 Å². The number of carboxylic acids is 1. The summed E-state index contributed by atoms with van der Waals surface area (Å²) in [6.45, 7) is -0.433. The second-order valence-electron chi connectivity index (χ2n) is 8.49. The van der Waals surface area contributed by atoms with Crippen LogP contribution >= 0.6 is 0 Å². The SMILES string of the molecule is C[C@H](NC(=O)CNC(=O)[C@H](CCC(N)=O)NC(=O)[C@@H](N)CO)C(=O)NCC(=O)N[C@@H](CCCN=C(N)N)C(=O)O. The number of carbonyl (C=O) groups excluding carboxylic acids is 6. The summed E-state index contributed by atoms with van der Waals surface area (Å²) < 4.78 is 0. The van der Waals surface area contributed by atoms with Crippen molar-refractivity contribution in [2.45, 2.75) is 56.8 Å². The van der Waals surface area contributed by atoms with Crippen molar-refractivity contribution in [2.24, 2.45) is 27.9 Å². The molecule has 0 fully saturated rings. The first kappa shape index (κ1) is 35.5. The van der Waals surface area contributed by atoms with E-state index in [1.165, 1.54) is 6.92 Å². The van der Waals surface area contributed by atoms with E-state index < -0.39 is 85.3 Å². The van der Waals surface area contributed by atoms with E-state index in [-0.39, 0.29) is 38.2 Å². The molecule has 0 aliphatic heterocycles. The third kappa shape index (κ3) is 15.7. The van der Waals surface area contributed by atoms with Crippen LogP contribution in [0.15, 0.2) is 4.99 Å². The topological polar surface area (TPSA) is 337 Å². The summed E-state index contributed by atoms with van der Waals surface area (Å²) in [5.41, 5.74) is 20.8. The molecule has 0 aromatic rings. The molecule has 6 amide bonds. The lowest BCUT2D eigenvalue weighted by Crippen LogP contribution is -2.54. The van der Waals surface area contributed by atoms with Gasteiger partial charge in [-0.1, -0.05) is 0 Å². The minimum Gasteiger partial charge on any atom is -0.480 e. The number of carbonyl (C=O) groups is 7. The maximum absolute atomic E-state index is 12.4. The maximum atomic E-state index is 12.4. The van der Waals surface area contributed by atoms with Crippen molar-refractivity contribution in [2.75, 3.05) is 26.2 Å². The predicted octanol–water partition coefficient (Wildman–Crippen LogP) is -6.58. The summed E-state index contributed by atoms with van der Waals surface area (Å²) in [6, 6.07) is -5.00. The fourth-order valence-electron chi connectivity index (χ4n) is 2.89. The van der Waals surface area contributed by atoms with E-state index in [1.54, 1.807) is 0 Å². The van der Waals surface area contributed by atoms with Crippen molar-refractivity contribution in [1.82, 2.24) is 26.6 Å². The number of aliphatic imine (C=N–C) groups is 1. The predicted molar refractivity (Wildman–Crippen MR) is 139 cm³/mol. The number of aliphatic hydroxyl groups excluding tert-OH is 1. The van der Waals surface area contributed by atoms with Crippen LogP contribution in [-0.4, -0.2) is 108 Å². The highest BCUT2D eigenvalue weighted by Gasteiger charge is 2.25. The van der Waals surface area contributed by atoms with Gasteiger partial charge < -0.3 is 59.7 Å². The molecule has 0 heterocycles. The highest BCUT2D eigenvalue weighted by Crippen LogP contribution is 2.00. The fraction of sp³-hybridized carbons (Fsp3) is 0.619. The molecular formula is C21H38N10O9. The summed E-state index contributed by atoms with van der Waals surface area (Å²) in [5.74, 6) is -6.29. The van der Waals surface area contributed by atoms with Crippen molar-refractivity contribution in [1.29, 1.82) is 0 Å². The molecule has 0 saturated carbocycles. The molecule has 0 unspecified atom stereocenters. The maximum Gasteiger partial charge on any atom is 0.326 e. The lowest BCUT2D eigenvalue weighted by atomic mass is 10.1. The van der Waals surface area contributed by atoms with E-state index in [9.17, 15) is 38.7 Å². The molecule has 40 heavy (non-hydrogen) atoms. The minimum absolute atomic E-state index is 0.0330. The summed E-state index contributed by atoms with van der Waals surface area (Å²) in [5, 5.41) is 29.4. The number of carboxylic acid groups (broad SMARTS) is 1. The Morgan fingerprint density at radius 2 is 1.38 bits per heavy atom. The molecule has 0 rings (SSSR count). The Bertz CT molecular complexity index is 955. The Balaban J connectivity index is 4.70. The van der Waals surface area contributed by atoms with Crippen LogP contribution in [0.25, 0.3) is 0 Å². The van der Waals surface area contributed by atoms with Gasteiger partial charge in [-0.05, 0) is 26.2 Å². The summed E-state index contributed by atoms with van der Waals surface area (Å²) in [7, 11) is 0. The van der Waals surface area contributed by atoms with Crippen LogP contribution in [0.1, 0.15) is 32.6 Å². The first-order chi connectivity index (χ1) is 18.7. The average molecular weight is 575 g/mol. The van der Waals surface area contributed by atoms with E-state index in [4.69, 9.17) is 28.0 Å². The Labute approximate surface area is 229 Å². The van der Waals surface area contributed by atoms with Gasteiger partial charge in [0.15, 0.2) is 5.96 Å². The minimum atomic E-state index is -1.32. The second kappa shape index (κ2) is 18.7. The number of aliphatic hydroxyl groups is 1. The van der Waals surface area contributed by atoms with E-state index in [0.717, 1.165) is 0 Å². The molecule has 19 nitrogen and oxygen atoms in total. The van der Waals surface area contributed by atoms with E-state index in [2.05, 4.69) is 31.6 Å². The molecule has 0 radical (unpaired) electrons. The van der Waals surface area contributed by atoms with E-state index in [0.29, 0.717) is 0 Å². The first-order valence-electron chi connectivity index (χ1n) is 12.0. The Hall–Kier alpha value is -4.52. The molecular weight excluding hydrogens is 536 g/mol. The molecule has 15 N–H and O–H groups in total. The highest BCUT2D eigenvalue weighted by atomic mass is 16.4. The van der Waals surface area contributed by atoms with Gasteiger partial charge in [-0.2, -0.15) is 0 Å². The van der Waals surface area contributed by atoms with Gasteiger partial charge >= 0.3 is 5.97 Å². The molecule has 0 bridgehead atoms. The van der Waals surface area contributed by atoms with E-state index >= 15 is 0 Å². The number of amides is 6. The van der Waals surface area contributed by atoms with Crippen LogP contribution in [0.2, 0.25) is 0 Å². The van der Waals surface area contributed by atoms with Gasteiger partial charge in [0.2, 0.25) is 35.4 Å². The number of nitrogens with two attached hydrogens (primary N) is 4. The molecule has 0 saturated heterocycles. The van der Waals surface area contributed by atoms with Crippen molar-refractivity contribution < 1.29 is 43.8 Å². The molecule has 226 valence electrons. The van der Waals surface area contributed by atoms with Crippen LogP contribution in [0.3, 0.4) is 0 Å². The van der Waals surface area contributed by atoms with Crippen LogP contribution in [0.4, 0.5) is 0 Å². The average Bonchev–Trinajstić information content (AvgIpc) is 2.88. The zero-order chi connectivity index (χ0) is 30.8. The van der Waals surface area contributed by atoms with Crippen molar-refractivity contribution in [3.63, 3.8) is 0 Å². The normalized spacial score (nSPS) is 13.4. The Morgan fingerprint density at radius 1 is 0.800 bits per heavy atom. The van der Waals surface area contributed by atoms with E-state index in [1.807, 2.05) is 0 Å². The number of guanidine groups is 1. The third-order valence-electron chi connectivity index (χ3n) is 5.04. The first-order valence-corrected chi connectivity index (χ1v) is 12.0. The van der Waals surface area contributed by atoms with Gasteiger partial charge in [0.05, 0.1) is 19.7 Å².